The number of amides is 1. The zero-order valence-corrected chi connectivity index (χ0v) is 14.0. The summed E-state index contributed by atoms with van der Waals surface area (Å²) in [6, 6.07) is -0.397. The van der Waals surface area contributed by atoms with Gasteiger partial charge in [-0.05, 0) is 34.6 Å². The van der Waals surface area contributed by atoms with Crippen LogP contribution in [0.25, 0.3) is 0 Å². The van der Waals surface area contributed by atoms with Crippen LogP contribution in [0, 0.1) is 0 Å². The van der Waals surface area contributed by atoms with E-state index in [1.54, 1.807) is 19.2 Å². The van der Waals surface area contributed by atoms with Gasteiger partial charge >= 0.3 is 5.97 Å². The molecule has 1 amide bonds. The van der Waals surface area contributed by atoms with Crippen molar-refractivity contribution >= 4 is 28.3 Å². The fraction of sp³-hybridized carbons (Fsp3) is 0.643. The lowest BCUT2D eigenvalue weighted by Gasteiger charge is -2.23. The van der Waals surface area contributed by atoms with Gasteiger partial charge in [-0.25, -0.2) is 4.98 Å². The van der Waals surface area contributed by atoms with Gasteiger partial charge in [0.1, 0.15) is 6.04 Å². The van der Waals surface area contributed by atoms with Crippen molar-refractivity contribution in [3.8, 4) is 0 Å². The Bertz CT molecular complexity index is 494. The maximum atomic E-state index is 12.0. The van der Waals surface area contributed by atoms with E-state index in [1.807, 2.05) is 20.8 Å². The Labute approximate surface area is 129 Å². The minimum atomic E-state index is -0.397. The Morgan fingerprint density at radius 1 is 1.43 bits per heavy atom. The van der Waals surface area contributed by atoms with Crippen LogP contribution >= 0.6 is 11.3 Å². The molecule has 118 valence electrons. The topological polar surface area (TPSA) is 80.3 Å². The second-order valence-electron chi connectivity index (χ2n) is 5.73. The number of aromatic nitrogens is 1. The number of anilines is 1. The number of carbonyl (C=O) groups excluding carboxylic acids is 2. The lowest BCUT2D eigenvalue weighted by Crippen LogP contribution is -2.47. The third-order valence-electron chi connectivity index (χ3n) is 2.41. The summed E-state index contributed by atoms with van der Waals surface area (Å²) in [5.41, 5.74) is 0.370. The Balaban J connectivity index is 2.54. The summed E-state index contributed by atoms with van der Waals surface area (Å²) in [4.78, 5) is 27.6. The monoisotopic (exact) mass is 313 g/mol. The molecule has 21 heavy (non-hydrogen) atoms. The van der Waals surface area contributed by atoms with Crippen molar-refractivity contribution in [3.63, 3.8) is 0 Å². The normalized spacial score (nSPS) is 12.6. The van der Waals surface area contributed by atoms with Crippen molar-refractivity contribution in [2.45, 2.75) is 52.6 Å². The number of hydrogen-bond donors (Lipinski definition) is 2. The summed E-state index contributed by atoms with van der Waals surface area (Å²) in [5, 5.41) is 8.33. The van der Waals surface area contributed by atoms with Crippen LogP contribution in [-0.4, -0.2) is 35.0 Å². The molecule has 1 atom stereocenters. The maximum absolute atomic E-state index is 12.0. The molecule has 0 aliphatic carbocycles. The van der Waals surface area contributed by atoms with Gasteiger partial charge in [-0.3, -0.25) is 9.59 Å². The first-order valence-electron chi connectivity index (χ1n) is 6.90. The number of carbonyl (C=O) groups is 2. The zero-order chi connectivity index (χ0) is 16.0. The molecule has 1 aromatic heterocycles. The van der Waals surface area contributed by atoms with Crippen LogP contribution in [0.2, 0.25) is 0 Å². The molecule has 0 aliphatic heterocycles. The quantitative estimate of drug-likeness (QED) is 0.785. The standard InChI is InChI=1S/C14H23N3O3S/c1-6-20-11(18)7-10-8-21-13(16-10)15-9(2)12(19)17-14(3,4)5/h8-9H,6-7H2,1-5H3,(H,15,16)(H,17,19). The van der Waals surface area contributed by atoms with Crippen LogP contribution in [0.3, 0.4) is 0 Å². The van der Waals surface area contributed by atoms with Gasteiger partial charge in [-0.15, -0.1) is 11.3 Å². The van der Waals surface area contributed by atoms with E-state index in [-0.39, 0.29) is 23.8 Å². The number of ether oxygens (including phenoxy) is 1. The van der Waals surface area contributed by atoms with Crippen LogP contribution in [0.4, 0.5) is 5.13 Å². The molecule has 1 aromatic rings. The molecule has 0 bridgehead atoms. The minimum Gasteiger partial charge on any atom is -0.466 e. The van der Waals surface area contributed by atoms with Gasteiger partial charge < -0.3 is 15.4 Å². The summed E-state index contributed by atoms with van der Waals surface area (Å²) in [6.45, 7) is 9.68. The number of thiazole rings is 1. The minimum absolute atomic E-state index is 0.0929. The smallest absolute Gasteiger partial charge is 0.311 e. The predicted molar refractivity (Wildman–Crippen MR) is 83.4 cm³/mol. The first-order chi connectivity index (χ1) is 9.71. The molecule has 0 aromatic carbocycles. The molecule has 7 heteroatoms. The summed E-state index contributed by atoms with van der Waals surface area (Å²) in [6.07, 6.45) is 0.147. The molecular formula is C14H23N3O3S. The van der Waals surface area contributed by atoms with Gasteiger partial charge in [0.15, 0.2) is 5.13 Å². The molecule has 1 unspecified atom stereocenters. The zero-order valence-electron chi connectivity index (χ0n) is 13.1. The predicted octanol–water partition coefficient (Wildman–Crippen LogP) is 1.96. The number of nitrogens with one attached hydrogen (secondary N) is 2. The highest BCUT2D eigenvalue weighted by molar-refractivity contribution is 7.13. The Morgan fingerprint density at radius 2 is 2.10 bits per heavy atom. The van der Waals surface area contributed by atoms with E-state index < -0.39 is 6.04 Å². The first-order valence-corrected chi connectivity index (χ1v) is 7.78. The van der Waals surface area contributed by atoms with E-state index >= 15 is 0 Å². The number of nitrogens with zero attached hydrogens (tertiary/aromatic N) is 1. The first kappa shape index (κ1) is 17.4. The van der Waals surface area contributed by atoms with Crippen LogP contribution in [0.5, 0.6) is 0 Å². The second kappa shape index (κ2) is 7.40. The average Bonchev–Trinajstić information content (AvgIpc) is 2.74. The van der Waals surface area contributed by atoms with Gasteiger partial charge in [-0.1, -0.05) is 0 Å². The Hall–Kier alpha value is -1.63. The van der Waals surface area contributed by atoms with Crippen molar-refractivity contribution in [2.24, 2.45) is 0 Å². The number of rotatable bonds is 6. The van der Waals surface area contributed by atoms with Gasteiger partial charge in [0.2, 0.25) is 5.91 Å². The van der Waals surface area contributed by atoms with Crippen LogP contribution < -0.4 is 10.6 Å². The van der Waals surface area contributed by atoms with E-state index in [0.29, 0.717) is 17.4 Å². The molecule has 0 fully saturated rings. The summed E-state index contributed by atoms with van der Waals surface area (Å²) < 4.78 is 4.87. The largest absolute Gasteiger partial charge is 0.466 e. The van der Waals surface area contributed by atoms with Crippen molar-refractivity contribution in [3.05, 3.63) is 11.1 Å². The summed E-state index contributed by atoms with van der Waals surface area (Å²) in [7, 11) is 0. The van der Waals surface area contributed by atoms with Gasteiger partial charge in [0.05, 0.1) is 18.7 Å². The third-order valence-corrected chi connectivity index (χ3v) is 3.24. The average molecular weight is 313 g/mol. The highest BCUT2D eigenvalue weighted by Gasteiger charge is 2.20. The molecule has 2 N–H and O–H groups in total. The molecule has 1 heterocycles. The molecular weight excluding hydrogens is 290 g/mol. The fourth-order valence-electron chi connectivity index (χ4n) is 1.54. The van der Waals surface area contributed by atoms with Gasteiger partial charge in [0.25, 0.3) is 0 Å². The lowest BCUT2D eigenvalue weighted by molar-refractivity contribution is -0.142. The van der Waals surface area contributed by atoms with E-state index in [0.717, 1.165) is 0 Å². The Morgan fingerprint density at radius 3 is 2.67 bits per heavy atom. The van der Waals surface area contributed by atoms with Crippen LogP contribution in [0.15, 0.2) is 5.38 Å². The summed E-state index contributed by atoms with van der Waals surface area (Å²) in [5.74, 6) is -0.391. The molecule has 0 radical (unpaired) electrons. The van der Waals surface area contributed by atoms with Crippen molar-refractivity contribution in [1.29, 1.82) is 0 Å². The summed E-state index contributed by atoms with van der Waals surface area (Å²) >= 11 is 1.36. The highest BCUT2D eigenvalue weighted by Crippen LogP contribution is 2.17. The highest BCUT2D eigenvalue weighted by atomic mass is 32.1. The maximum Gasteiger partial charge on any atom is 0.311 e. The molecule has 1 rings (SSSR count). The SMILES string of the molecule is CCOC(=O)Cc1csc(NC(C)C(=O)NC(C)(C)C)n1. The Kier molecular flexibility index (Phi) is 6.14. The van der Waals surface area contributed by atoms with Crippen LogP contribution in [0.1, 0.15) is 40.3 Å². The van der Waals surface area contributed by atoms with E-state index in [2.05, 4.69) is 15.6 Å². The molecule has 0 saturated carbocycles. The van der Waals surface area contributed by atoms with Gasteiger partial charge in [-0.2, -0.15) is 0 Å². The van der Waals surface area contributed by atoms with Gasteiger partial charge in [0, 0.05) is 10.9 Å². The number of hydrogen-bond acceptors (Lipinski definition) is 6. The molecule has 6 nitrogen and oxygen atoms in total. The van der Waals surface area contributed by atoms with Crippen LogP contribution in [-0.2, 0) is 20.7 Å². The van der Waals surface area contributed by atoms with E-state index in [4.69, 9.17) is 4.74 Å². The number of esters is 1. The van der Waals surface area contributed by atoms with E-state index in [1.165, 1.54) is 11.3 Å². The molecule has 0 aliphatic rings. The van der Waals surface area contributed by atoms with E-state index in [9.17, 15) is 9.59 Å². The van der Waals surface area contributed by atoms with Crippen molar-refractivity contribution in [1.82, 2.24) is 10.3 Å². The molecule has 0 saturated heterocycles. The lowest BCUT2D eigenvalue weighted by atomic mass is 10.1. The third kappa shape index (κ3) is 6.57. The molecule has 0 spiro atoms. The second-order valence-corrected chi connectivity index (χ2v) is 6.59. The fourth-order valence-corrected chi connectivity index (χ4v) is 2.34. The van der Waals surface area contributed by atoms with Crippen molar-refractivity contribution < 1.29 is 14.3 Å². The van der Waals surface area contributed by atoms with Crippen molar-refractivity contribution in [2.75, 3.05) is 11.9 Å².